The van der Waals surface area contributed by atoms with E-state index < -0.39 is 6.10 Å². The molecule has 4 heteroatoms. The highest BCUT2D eigenvalue weighted by Gasteiger charge is 2.20. The van der Waals surface area contributed by atoms with Crippen LogP contribution in [0.4, 0.5) is 4.39 Å². The van der Waals surface area contributed by atoms with Crippen molar-refractivity contribution >= 4 is 23.4 Å². The van der Waals surface area contributed by atoms with Crippen molar-refractivity contribution in [3.63, 3.8) is 0 Å². The minimum absolute atomic E-state index is 0.345. The van der Waals surface area contributed by atoms with Crippen molar-refractivity contribution in [2.45, 2.75) is 25.4 Å². The van der Waals surface area contributed by atoms with Gasteiger partial charge in [0.1, 0.15) is 5.82 Å². The molecule has 1 heterocycles. The van der Waals surface area contributed by atoms with E-state index in [2.05, 4.69) is 0 Å². The Morgan fingerprint density at radius 3 is 2.82 bits per heavy atom. The molecule has 1 saturated heterocycles. The predicted molar refractivity (Wildman–Crippen MR) is 71.0 cm³/mol. The van der Waals surface area contributed by atoms with Crippen LogP contribution < -0.4 is 0 Å². The molecule has 2 rings (SSSR count). The maximum atomic E-state index is 13.1. The van der Waals surface area contributed by atoms with Gasteiger partial charge in [-0.25, -0.2) is 4.39 Å². The number of rotatable bonds is 3. The van der Waals surface area contributed by atoms with Crippen molar-refractivity contribution in [3.8, 4) is 0 Å². The van der Waals surface area contributed by atoms with Gasteiger partial charge in [0.25, 0.3) is 0 Å². The molecular formula is C13H16ClFOS. The normalized spacial score (nSPS) is 19.2. The van der Waals surface area contributed by atoms with Crippen LogP contribution in [-0.4, -0.2) is 16.6 Å². The van der Waals surface area contributed by atoms with E-state index in [1.54, 1.807) is 0 Å². The van der Waals surface area contributed by atoms with Crippen LogP contribution in [0.2, 0.25) is 5.02 Å². The van der Waals surface area contributed by atoms with E-state index in [9.17, 15) is 9.50 Å². The van der Waals surface area contributed by atoms with Gasteiger partial charge in [-0.3, -0.25) is 0 Å². The van der Waals surface area contributed by atoms with Crippen molar-refractivity contribution in [1.29, 1.82) is 0 Å². The quantitative estimate of drug-likeness (QED) is 0.897. The Kier molecular flexibility index (Phi) is 4.71. The van der Waals surface area contributed by atoms with Crippen LogP contribution in [0.3, 0.4) is 0 Å². The number of hydrogen-bond donors (Lipinski definition) is 1. The molecule has 1 aliphatic heterocycles. The SMILES string of the molecule is OC(CC1CCSCC1)c1cc(F)ccc1Cl. The van der Waals surface area contributed by atoms with Gasteiger partial charge >= 0.3 is 0 Å². The van der Waals surface area contributed by atoms with Gasteiger partial charge in [-0.05, 0) is 54.9 Å². The number of benzene rings is 1. The molecule has 17 heavy (non-hydrogen) atoms. The van der Waals surface area contributed by atoms with E-state index in [0.29, 0.717) is 22.9 Å². The molecule has 0 radical (unpaired) electrons. The fourth-order valence-corrected chi connectivity index (χ4v) is 3.64. The van der Waals surface area contributed by atoms with Crippen molar-refractivity contribution in [2.24, 2.45) is 5.92 Å². The second-order valence-electron chi connectivity index (χ2n) is 4.47. The van der Waals surface area contributed by atoms with Crippen LogP contribution >= 0.6 is 23.4 Å². The largest absolute Gasteiger partial charge is 0.388 e. The molecule has 1 aromatic carbocycles. The molecule has 0 bridgehead atoms. The first-order valence-corrected chi connectivity index (χ1v) is 7.41. The first-order chi connectivity index (χ1) is 8.16. The van der Waals surface area contributed by atoms with E-state index in [0.717, 1.165) is 24.3 Å². The summed E-state index contributed by atoms with van der Waals surface area (Å²) >= 11 is 7.94. The maximum absolute atomic E-state index is 13.1. The van der Waals surface area contributed by atoms with E-state index in [1.807, 2.05) is 11.8 Å². The number of hydrogen-bond acceptors (Lipinski definition) is 2. The van der Waals surface area contributed by atoms with Crippen molar-refractivity contribution < 1.29 is 9.50 Å². The van der Waals surface area contributed by atoms with E-state index in [4.69, 9.17) is 11.6 Å². The molecule has 0 aromatic heterocycles. The minimum Gasteiger partial charge on any atom is -0.388 e. The number of thioether (sulfide) groups is 1. The third kappa shape index (κ3) is 3.60. The highest BCUT2D eigenvalue weighted by atomic mass is 35.5. The highest BCUT2D eigenvalue weighted by Crippen LogP contribution is 2.33. The molecule has 1 atom stereocenters. The van der Waals surface area contributed by atoms with Crippen molar-refractivity contribution in [3.05, 3.63) is 34.6 Å². The first kappa shape index (κ1) is 13.2. The second-order valence-corrected chi connectivity index (χ2v) is 6.11. The van der Waals surface area contributed by atoms with Crippen LogP contribution in [-0.2, 0) is 0 Å². The lowest BCUT2D eigenvalue weighted by atomic mass is 9.92. The topological polar surface area (TPSA) is 20.2 Å². The van der Waals surface area contributed by atoms with Crippen LogP contribution in [0.25, 0.3) is 0 Å². The Morgan fingerprint density at radius 2 is 2.12 bits per heavy atom. The Hall–Kier alpha value is -0.250. The Morgan fingerprint density at radius 1 is 1.41 bits per heavy atom. The lowest BCUT2D eigenvalue weighted by Crippen LogP contribution is -2.13. The third-order valence-electron chi connectivity index (χ3n) is 3.21. The Balaban J connectivity index is 2.02. The van der Waals surface area contributed by atoms with Crippen LogP contribution in [0.15, 0.2) is 18.2 Å². The average Bonchev–Trinajstić information content (AvgIpc) is 2.33. The summed E-state index contributed by atoms with van der Waals surface area (Å²) in [5.74, 6) is 2.51. The third-order valence-corrected chi connectivity index (χ3v) is 4.61. The van der Waals surface area contributed by atoms with Gasteiger partial charge in [-0.15, -0.1) is 0 Å². The summed E-state index contributed by atoms with van der Waals surface area (Å²) < 4.78 is 13.1. The molecule has 0 saturated carbocycles. The molecule has 1 unspecified atom stereocenters. The molecule has 1 fully saturated rings. The summed E-state index contributed by atoms with van der Waals surface area (Å²) in [4.78, 5) is 0. The van der Waals surface area contributed by atoms with Crippen LogP contribution in [0.5, 0.6) is 0 Å². The smallest absolute Gasteiger partial charge is 0.123 e. The van der Waals surface area contributed by atoms with Gasteiger partial charge in [-0.2, -0.15) is 11.8 Å². The lowest BCUT2D eigenvalue weighted by Gasteiger charge is -2.24. The molecule has 1 nitrogen and oxygen atoms in total. The van der Waals surface area contributed by atoms with Crippen LogP contribution in [0.1, 0.15) is 30.9 Å². The Bertz CT molecular complexity index is 380. The zero-order valence-electron chi connectivity index (χ0n) is 9.53. The monoisotopic (exact) mass is 274 g/mol. The minimum atomic E-state index is -0.647. The van der Waals surface area contributed by atoms with Gasteiger partial charge in [0.2, 0.25) is 0 Å². The summed E-state index contributed by atoms with van der Waals surface area (Å²) in [5, 5.41) is 10.6. The summed E-state index contributed by atoms with van der Waals surface area (Å²) in [7, 11) is 0. The predicted octanol–water partition coefficient (Wildman–Crippen LogP) is 4.05. The highest BCUT2D eigenvalue weighted by molar-refractivity contribution is 7.99. The molecule has 0 aliphatic carbocycles. The summed E-state index contributed by atoms with van der Waals surface area (Å²) in [6.45, 7) is 0. The summed E-state index contributed by atoms with van der Waals surface area (Å²) in [6.07, 6.45) is 2.30. The zero-order chi connectivity index (χ0) is 12.3. The fraction of sp³-hybridized carbons (Fsp3) is 0.538. The van der Waals surface area contributed by atoms with E-state index >= 15 is 0 Å². The average molecular weight is 275 g/mol. The Labute approximate surface area is 110 Å². The maximum Gasteiger partial charge on any atom is 0.123 e. The molecule has 1 aliphatic rings. The molecule has 0 amide bonds. The van der Waals surface area contributed by atoms with E-state index in [1.165, 1.54) is 18.2 Å². The van der Waals surface area contributed by atoms with Crippen molar-refractivity contribution in [1.82, 2.24) is 0 Å². The van der Waals surface area contributed by atoms with Gasteiger partial charge < -0.3 is 5.11 Å². The molecule has 0 spiro atoms. The first-order valence-electron chi connectivity index (χ1n) is 5.87. The van der Waals surface area contributed by atoms with Crippen LogP contribution in [0, 0.1) is 11.7 Å². The molecule has 1 N–H and O–H groups in total. The number of halogens is 2. The molecular weight excluding hydrogens is 259 g/mol. The molecule has 1 aromatic rings. The second kappa shape index (κ2) is 6.07. The summed E-state index contributed by atoms with van der Waals surface area (Å²) in [5.41, 5.74) is 0.518. The molecule has 94 valence electrons. The lowest BCUT2D eigenvalue weighted by molar-refractivity contribution is 0.141. The van der Waals surface area contributed by atoms with Crippen molar-refractivity contribution in [2.75, 3.05) is 11.5 Å². The number of aliphatic hydroxyl groups is 1. The number of aliphatic hydroxyl groups excluding tert-OH is 1. The van der Waals surface area contributed by atoms with E-state index in [-0.39, 0.29) is 5.82 Å². The van der Waals surface area contributed by atoms with Gasteiger partial charge in [0.15, 0.2) is 0 Å². The fourth-order valence-electron chi connectivity index (χ4n) is 2.19. The van der Waals surface area contributed by atoms with Gasteiger partial charge in [-0.1, -0.05) is 11.6 Å². The van der Waals surface area contributed by atoms with Gasteiger partial charge in [0, 0.05) is 10.6 Å². The van der Waals surface area contributed by atoms with Gasteiger partial charge in [0.05, 0.1) is 6.10 Å². The zero-order valence-corrected chi connectivity index (χ0v) is 11.1. The summed E-state index contributed by atoms with van der Waals surface area (Å²) in [6, 6.07) is 4.16. The standard InChI is InChI=1S/C13H16ClFOS/c14-12-2-1-10(15)8-11(12)13(16)7-9-3-5-17-6-4-9/h1-2,8-9,13,16H,3-7H2.